The van der Waals surface area contributed by atoms with Crippen molar-refractivity contribution in [1.29, 1.82) is 0 Å². The molecule has 0 unspecified atom stereocenters. The summed E-state index contributed by atoms with van der Waals surface area (Å²) in [5.74, 6) is 1.07. The first kappa shape index (κ1) is 6.86. The molecule has 0 saturated heterocycles. The summed E-state index contributed by atoms with van der Waals surface area (Å²) in [5, 5.41) is 10.5. The second-order valence-electron chi connectivity index (χ2n) is 1.97. The quantitative estimate of drug-likeness (QED) is 0.270. The van der Waals surface area contributed by atoms with Gasteiger partial charge < -0.3 is 9.62 Å². The van der Waals surface area contributed by atoms with Gasteiger partial charge in [-0.3, -0.25) is 0 Å². The summed E-state index contributed by atoms with van der Waals surface area (Å²) in [4.78, 5) is 0. The molecule has 0 saturated carbocycles. The lowest BCUT2D eigenvalue weighted by molar-refractivity contribution is -0.368. The predicted octanol–water partition coefficient (Wildman–Crippen LogP) is 1.68. The largest absolute Gasteiger partial charge is 0.616 e. The molecule has 0 spiro atoms. The summed E-state index contributed by atoms with van der Waals surface area (Å²) in [6, 6.07) is 3.38. The van der Waals surface area contributed by atoms with Gasteiger partial charge >= 0.3 is 5.88 Å². The minimum atomic E-state index is 0.261. The number of hydrogen-bond donors (Lipinski definition) is 0. The highest BCUT2D eigenvalue weighted by atomic mass is 16.5. The van der Waals surface area contributed by atoms with Gasteiger partial charge in [0.05, 0.1) is 6.07 Å². The molecule has 0 aliphatic carbocycles. The van der Waals surface area contributed by atoms with Gasteiger partial charge in [-0.15, -0.1) is 4.74 Å². The molecule has 0 radical (unpaired) electrons. The minimum absolute atomic E-state index is 0.261. The summed E-state index contributed by atoms with van der Waals surface area (Å²) in [6.45, 7) is 5.10. The molecule has 0 aliphatic heterocycles. The molecule has 0 aromatic carbocycles. The lowest BCUT2D eigenvalue weighted by Gasteiger charge is -1.92. The van der Waals surface area contributed by atoms with Crippen molar-refractivity contribution in [3.05, 3.63) is 23.1 Å². The zero-order valence-corrected chi connectivity index (χ0v) is 5.83. The normalized spacial score (nSPS) is 9.70. The van der Waals surface area contributed by atoms with Crippen molar-refractivity contribution in [3.63, 3.8) is 0 Å². The second kappa shape index (κ2) is 2.56. The van der Waals surface area contributed by atoms with Crippen LogP contribution in [-0.2, 0) is 6.42 Å². The van der Waals surface area contributed by atoms with Gasteiger partial charge in [0.1, 0.15) is 12.5 Å². The van der Waals surface area contributed by atoms with E-state index in [-0.39, 0.29) is 5.88 Å². The highest BCUT2D eigenvalue weighted by Crippen LogP contribution is 2.14. The van der Waals surface area contributed by atoms with Crippen LogP contribution >= 0.6 is 0 Å². The van der Waals surface area contributed by atoms with Crippen LogP contribution in [0.15, 0.2) is 16.5 Å². The third-order valence-corrected chi connectivity index (χ3v) is 1.24. The maximum absolute atomic E-state index is 10.5. The van der Waals surface area contributed by atoms with E-state index in [1.165, 1.54) is 0 Å². The fourth-order valence-electron chi connectivity index (χ4n) is 0.691. The topological polar surface area (TPSA) is 39.2 Å². The Morgan fingerprint density at radius 2 is 2.40 bits per heavy atom. The second-order valence-corrected chi connectivity index (χ2v) is 1.97. The van der Waals surface area contributed by atoms with Crippen LogP contribution < -0.4 is 0 Å². The van der Waals surface area contributed by atoms with E-state index in [2.05, 4.69) is 6.72 Å². The van der Waals surface area contributed by atoms with Crippen molar-refractivity contribution in [3.8, 4) is 0 Å². The summed E-state index contributed by atoms with van der Waals surface area (Å²) >= 11 is 0. The molecule has 0 N–H and O–H groups in total. The number of aryl methyl sites for hydroxylation is 1. The average molecular weight is 139 g/mol. The Balaban J connectivity index is 2.88. The Bertz CT molecular complexity index is 240. The van der Waals surface area contributed by atoms with Crippen LogP contribution in [0.5, 0.6) is 0 Å². The van der Waals surface area contributed by atoms with Crippen molar-refractivity contribution in [2.75, 3.05) is 0 Å². The third kappa shape index (κ3) is 1.18. The first-order valence-electron chi connectivity index (χ1n) is 3.10. The Hall–Kier alpha value is -1.25. The zero-order valence-electron chi connectivity index (χ0n) is 5.83. The Kier molecular flexibility index (Phi) is 1.76. The standard InChI is InChI=1S/C7H9NO2/c1-3-6-4-5-7(10-6)8(2)9/h4-5H,2-3H2,1H3. The van der Waals surface area contributed by atoms with E-state index in [0.717, 1.165) is 12.2 Å². The van der Waals surface area contributed by atoms with Crippen LogP contribution in [0.3, 0.4) is 0 Å². The summed E-state index contributed by atoms with van der Waals surface area (Å²) in [7, 11) is 0. The molecule has 0 fully saturated rings. The molecule has 54 valence electrons. The highest BCUT2D eigenvalue weighted by molar-refractivity contribution is 5.25. The van der Waals surface area contributed by atoms with E-state index < -0.39 is 0 Å². The van der Waals surface area contributed by atoms with Gasteiger partial charge in [-0.1, -0.05) is 6.92 Å². The molecule has 3 nitrogen and oxygen atoms in total. The van der Waals surface area contributed by atoms with Crippen LogP contribution in [0, 0.1) is 5.21 Å². The van der Waals surface area contributed by atoms with Crippen LogP contribution in [0.1, 0.15) is 12.7 Å². The van der Waals surface area contributed by atoms with Gasteiger partial charge in [-0.2, -0.15) is 0 Å². The molecule has 1 aromatic heterocycles. The van der Waals surface area contributed by atoms with E-state index in [1.54, 1.807) is 12.1 Å². The Morgan fingerprint density at radius 1 is 1.70 bits per heavy atom. The number of furan rings is 1. The molecule has 1 aromatic rings. The van der Waals surface area contributed by atoms with E-state index in [1.807, 2.05) is 6.92 Å². The number of nitrogens with zero attached hydrogens (tertiary/aromatic N) is 1. The summed E-state index contributed by atoms with van der Waals surface area (Å²) in [6.07, 6.45) is 0.799. The minimum Gasteiger partial charge on any atom is -0.616 e. The van der Waals surface area contributed by atoms with Crippen LogP contribution in [-0.4, -0.2) is 11.5 Å². The summed E-state index contributed by atoms with van der Waals surface area (Å²) < 4.78 is 5.50. The monoisotopic (exact) mass is 139 g/mol. The fraction of sp³-hybridized carbons (Fsp3) is 0.286. The molecular weight excluding hydrogens is 130 g/mol. The van der Waals surface area contributed by atoms with Crippen LogP contribution in [0.4, 0.5) is 5.88 Å². The van der Waals surface area contributed by atoms with Gasteiger partial charge in [-0.25, -0.2) is 0 Å². The Morgan fingerprint density at radius 3 is 2.70 bits per heavy atom. The van der Waals surface area contributed by atoms with Gasteiger partial charge in [0.25, 0.3) is 0 Å². The van der Waals surface area contributed by atoms with Gasteiger partial charge in [-0.05, 0) is 6.07 Å². The van der Waals surface area contributed by atoms with E-state index in [0.29, 0.717) is 4.74 Å². The lowest BCUT2D eigenvalue weighted by atomic mass is 10.4. The first-order valence-corrected chi connectivity index (χ1v) is 3.10. The van der Waals surface area contributed by atoms with Crippen molar-refractivity contribution >= 4 is 12.6 Å². The van der Waals surface area contributed by atoms with Gasteiger partial charge in [0.15, 0.2) is 0 Å². The van der Waals surface area contributed by atoms with Crippen LogP contribution in [0.25, 0.3) is 0 Å². The first-order chi connectivity index (χ1) is 4.74. The molecular formula is C7H9NO2. The number of hydrogen-bond acceptors (Lipinski definition) is 2. The van der Waals surface area contributed by atoms with Gasteiger partial charge in [0.2, 0.25) is 0 Å². The maximum Gasteiger partial charge on any atom is 0.384 e. The molecule has 1 heterocycles. The highest BCUT2D eigenvalue weighted by Gasteiger charge is 2.03. The fourth-order valence-corrected chi connectivity index (χ4v) is 0.691. The molecule has 1 rings (SSSR count). The third-order valence-electron chi connectivity index (χ3n) is 1.24. The smallest absolute Gasteiger partial charge is 0.384 e. The Labute approximate surface area is 59.2 Å². The van der Waals surface area contributed by atoms with Crippen molar-refractivity contribution in [1.82, 2.24) is 0 Å². The molecule has 0 bridgehead atoms. The maximum atomic E-state index is 10.5. The zero-order chi connectivity index (χ0) is 7.56. The molecule has 3 heteroatoms. The average Bonchev–Trinajstić information content (AvgIpc) is 2.34. The predicted molar refractivity (Wildman–Crippen MR) is 38.5 cm³/mol. The molecule has 0 aliphatic rings. The lowest BCUT2D eigenvalue weighted by Crippen LogP contribution is -1.85. The van der Waals surface area contributed by atoms with E-state index in [4.69, 9.17) is 4.42 Å². The van der Waals surface area contributed by atoms with Gasteiger partial charge in [0, 0.05) is 6.42 Å². The number of rotatable bonds is 2. The van der Waals surface area contributed by atoms with Crippen LogP contribution in [0.2, 0.25) is 0 Å². The SMILES string of the molecule is C=[N+]([O-])c1ccc(CC)o1. The van der Waals surface area contributed by atoms with Crippen molar-refractivity contribution < 1.29 is 9.16 Å². The molecule has 0 atom stereocenters. The molecule has 10 heavy (non-hydrogen) atoms. The molecule has 0 amide bonds. The van der Waals surface area contributed by atoms with E-state index in [9.17, 15) is 5.21 Å². The van der Waals surface area contributed by atoms with Crippen molar-refractivity contribution in [2.45, 2.75) is 13.3 Å². The van der Waals surface area contributed by atoms with Crippen molar-refractivity contribution in [2.24, 2.45) is 0 Å². The summed E-state index contributed by atoms with van der Waals surface area (Å²) in [5.41, 5.74) is 0. The van der Waals surface area contributed by atoms with E-state index >= 15 is 0 Å².